The topological polar surface area (TPSA) is 26.0 Å². The van der Waals surface area contributed by atoms with Crippen molar-refractivity contribution in [3.8, 4) is 0 Å². The lowest BCUT2D eigenvalue weighted by atomic mass is 10.1. The second-order valence-corrected chi connectivity index (χ2v) is 3.41. The van der Waals surface area contributed by atoms with Crippen LogP contribution in [0.3, 0.4) is 0 Å². The van der Waals surface area contributed by atoms with Gasteiger partial charge in [0, 0.05) is 0 Å². The summed E-state index contributed by atoms with van der Waals surface area (Å²) in [4.78, 5) is 0. The Morgan fingerprint density at radius 1 is 1.15 bits per heavy atom. The lowest BCUT2D eigenvalue weighted by molar-refractivity contribution is 0.912. The van der Waals surface area contributed by atoms with Crippen LogP contribution < -0.4 is 5.73 Å². The van der Waals surface area contributed by atoms with Crippen molar-refractivity contribution in [2.75, 3.05) is 6.54 Å². The van der Waals surface area contributed by atoms with E-state index >= 15 is 0 Å². The van der Waals surface area contributed by atoms with E-state index in [4.69, 9.17) is 5.73 Å². The largest absolute Gasteiger partial charge is 0.330 e. The number of aryl methyl sites for hydroxylation is 2. The standard InChI is InChI=1S/C9H10.C3H9N/c1-2-5-9-7-3-6-8(9)4-1;1-2-3-4/h1-2,4-5H,3,6-7H2;2-4H2,1H3. The normalized spacial score (nSPS) is 13.1. The van der Waals surface area contributed by atoms with Crippen LogP contribution in [0.2, 0.25) is 0 Å². The molecule has 0 fully saturated rings. The fraction of sp³-hybridized carbons (Fsp3) is 0.500. The maximum atomic E-state index is 5.03. The number of hydrogen-bond donors (Lipinski definition) is 1. The number of rotatable bonds is 1. The molecule has 0 spiro atoms. The second-order valence-electron chi connectivity index (χ2n) is 3.41. The van der Waals surface area contributed by atoms with Crippen molar-refractivity contribution in [3.63, 3.8) is 0 Å². The van der Waals surface area contributed by atoms with Crippen LogP contribution in [-0.4, -0.2) is 6.54 Å². The monoisotopic (exact) mass is 177 g/mol. The highest BCUT2D eigenvalue weighted by molar-refractivity contribution is 5.30. The zero-order chi connectivity index (χ0) is 9.52. The third kappa shape index (κ3) is 3.19. The quantitative estimate of drug-likeness (QED) is 0.701. The molecule has 0 aliphatic heterocycles. The lowest BCUT2D eigenvalue weighted by Gasteiger charge is -1.93. The van der Waals surface area contributed by atoms with Crippen LogP contribution in [0.5, 0.6) is 0 Å². The summed E-state index contributed by atoms with van der Waals surface area (Å²) in [5.74, 6) is 0. The molecule has 0 unspecified atom stereocenters. The van der Waals surface area contributed by atoms with Crippen molar-refractivity contribution in [1.82, 2.24) is 0 Å². The average Bonchev–Trinajstić information content (AvgIpc) is 2.66. The van der Waals surface area contributed by atoms with E-state index in [1.165, 1.54) is 19.3 Å². The molecule has 0 heterocycles. The zero-order valence-corrected chi connectivity index (χ0v) is 8.42. The molecule has 13 heavy (non-hydrogen) atoms. The summed E-state index contributed by atoms with van der Waals surface area (Å²) >= 11 is 0. The molecule has 1 aromatic rings. The Labute approximate surface area is 81.0 Å². The number of fused-ring (bicyclic) bond motifs is 1. The van der Waals surface area contributed by atoms with E-state index in [2.05, 4.69) is 31.2 Å². The molecule has 0 bridgehead atoms. The maximum Gasteiger partial charge on any atom is -0.00799 e. The summed E-state index contributed by atoms with van der Waals surface area (Å²) in [6, 6.07) is 8.74. The molecule has 2 rings (SSSR count). The molecular formula is C12H19N. The first-order valence-corrected chi connectivity index (χ1v) is 5.15. The summed E-state index contributed by atoms with van der Waals surface area (Å²) in [6.07, 6.45) is 5.06. The van der Waals surface area contributed by atoms with Crippen molar-refractivity contribution in [2.45, 2.75) is 32.6 Å². The van der Waals surface area contributed by atoms with Gasteiger partial charge in [-0.3, -0.25) is 0 Å². The fourth-order valence-electron chi connectivity index (χ4n) is 1.51. The van der Waals surface area contributed by atoms with E-state index in [9.17, 15) is 0 Å². The van der Waals surface area contributed by atoms with Gasteiger partial charge in [-0.15, -0.1) is 0 Å². The highest BCUT2D eigenvalue weighted by Gasteiger charge is 2.07. The van der Waals surface area contributed by atoms with Gasteiger partial charge in [0.05, 0.1) is 0 Å². The first-order chi connectivity index (χ1) is 6.38. The third-order valence-electron chi connectivity index (χ3n) is 2.30. The fourth-order valence-corrected chi connectivity index (χ4v) is 1.51. The minimum absolute atomic E-state index is 0.819. The Bertz CT molecular complexity index is 218. The van der Waals surface area contributed by atoms with Gasteiger partial charge in [-0.25, -0.2) is 0 Å². The van der Waals surface area contributed by atoms with E-state index in [1.54, 1.807) is 11.1 Å². The average molecular weight is 177 g/mol. The number of benzene rings is 1. The number of hydrogen-bond acceptors (Lipinski definition) is 1. The van der Waals surface area contributed by atoms with Crippen LogP contribution in [0.1, 0.15) is 30.9 Å². The van der Waals surface area contributed by atoms with Gasteiger partial charge in [0.15, 0.2) is 0 Å². The van der Waals surface area contributed by atoms with Crippen molar-refractivity contribution in [3.05, 3.63) is 35.4 Å². The van der Waals surface area contributed by atoms with Crippen LogP contribution >= 0.6 is 0 Å². The Balaban J connectivity index is 0.000000184. The predicted octanol–water partition coefficient (Wildman–Crippen LogP) is 2.53. The van der Waals surface area contributed by atoms with Crippen LogP contribution in [0, 0.1) is 0 Å². The minimum atomic E-state index is 0.819. The van der Waals surface area contributed by atoms with Gasteiger partial charge in [0.2, 0.25) is 0 Å². The molecule has 0 saturated carbocycles. The molecular weight excluding hydrogens is 158 g/mol. The van der Waals surface area contributed by atoms with Crippen molar-refractivity contribution in [1.29, 1.82) is 0 Å². The van der Waals surface area contributed by atoms with E-state index in [-0.39, 0.29) is 0 Å². The molecule has 1 heteroatoms. The van der Waals surface area contributed by atoms with Gasteiger partial charge < -0.3 is 5.73 Å². The first kappa shape index (κ1) is 10.3. The number of nitrogens with two attached hydrogens (primary N) is 1. The van der Waals surface area contributed by atoms with Crippen molar-refractivity contribution in [2.24, 2.45) is 5.73 Å². The smallest absolute Gasteiger partial charge is 0.00799 e. The van der Waals surface area contributed by atoms with Crippen LogP contribution in [0.4, 0.5) is 0 Å². The van der Waals surface area contributed by atoms with Gasteiger partial charge in [0.1, 0.15) is 0 Å². The molecule has 0 atom stereocenters. The predicted molar refractivity (Wildman–Crippen MR) is 57.8 cm³/mol. The van der Waals surface area contributed by atoms with Crippen LogP contribution in [-0.2, 0) is 12.8 Å². The maximum absolute atomic E-state index is 5.03. The Hall–Kier alpha value is -0.820. The molecule has 72 valence electrons. The third-order valence-corrected chi connectivity index (χ3v) is 2.30. The first-order valence-electron chi connectivity index (χ1n) is 5.15. The summed E-state index contributed by atoms with van der Waals surface area (Å²) in [5, 5.41) is 0. The molecule has 2 N–H and O–H groups in total. The van der Waals surface area contributed by atoms with E-state index in [0.29, 0.717) is 0 Å². The minimum Gasteiger partial charge on any atom is -0.330 e. The molecule has 1 aliphatic rings. The lowest BCUT2D eigenvalue weighted by Crippen LogP contribution is -1.93. The molecule has 1 nitrogen and oxygen atoms in total. The zero-order valence-electron chi connectivity index (χ0n) is 8.42. The SMILES string of the molecule is CCCN.c1ccc2c(c1)CCC2. The summed E-state index contributed by atoms with van der Waals surface area (Å²) in [6.45, 7) is 2.88. The Morgan fingerprint density at radius 2 is 1.62 bits per heavy atom. The van der Waals surface area contributed by atoms with Gasteiger partial charge >= 0.3 is 0 Å². The molecule has 0 radical (unpaired) electrons. The van der Waals surface area contributed by atoms with Gasteiger partial charge in [-0.1, -0.05) is 31.2 Å². The van der Waals surface area contributed by atoms with Crippen LogP contribution in [0.25, 0.3) is 0 Å². The van der Waals surface area contributed by atoms with Gasteiger partial charge in [-0.05, 0) is 43.4 Å². The molecule has 0 amide bonds. The van der Waals surface area contributed by atoms with E-state index in [0.717, 1.165) is 13.0 Å². The highest BCUT2D eigenvalue weighted by atomic mass is 14.5. The summed E-state index contributed by atoms with van der Waals surface area (Å²) < 4.78 is 0. The van der Waals surface area contributed by atoms with E-state index in [1.807, 2.05) is 0 Å². The van der Waals surface area contributed by atoms with Crippen LogP contribution in [0.15, 0.2) is 24.3 Å². The molecule has 0 aromatic heterocycles. The van der Waals surface area contributed by atoms with E-state index < -0.39 is 0 Å². The van der Waals surface area contributed by atoms with Crippen molar-refractivity contribution < 1.29 is 0 Å². The Kier molecular flexibility index (Phi) is 4.55. The second kappa shape index (κ2) is 5.76. The summed E-state index contributed by atoms with van der Waals surface area (Å²) in [5.41, 5.74) is 8.16. The van der Waals surface area contributed by atoms with Crippen molar-refractivity contribution >= 4 is 0 Å². The van der Waals surface area contributed by atoms with Gasteiger partial charge in [0.25, 0.3) is 0 Å². The molecule has 0 saturated heterocycles. The molecule has 1 aliphatic carbocycles. The Morgan fingerprint density at radius 3 is 2.00 bits per heavy atom. The summed E-state index contributed by atoms with van der Waals surface area (Å²) in [7, 11) is 0. The van der Waals surface area contributed by atoms with Gasteiger partial charge in [-0.2, -0.15) is 0 Å². The highest BCUT2D eigenvalue weighted by Crippen LogP contribution is 2.20. The molecule has 1 aromatic carbocycles.